The van der Waals surface area contributed by atoms with Gasteiger partial charge in [-0.2, -0.15) is 10.1 Å². The van der Waals surface area contributed by atoms with Gasteiger partial charge in [0.15, 0.2) is 5.65 Å². The van der Waals surface area contributed by atoms with Crippen molar-refractivity contribution >= 4 is 28.5 Å². The van der Waals surface area contributed by atoms with Gasteiger partial charge in [-0.05, 0) is 11.6 Å². The SMILES string of the molecule is C=CC(C)c1[nH]nc2nc(Cl)nc(N)c12. The van der Waals surface area contributed by atoms with Gasteiger partial charge >= 0.3 is 0 Å². The predicted molar refractivity (Wildman–Crippen MR) is 59.7 cm³/mol. The Kier molecular flexibility index (Phi) is 2.32. The van der Waals surface area contributed by atoms with Crippen molar-refractivity contribution in [1.29, 1.82) is 0 Å². The Labute approximate surface area is 91.4 Å². The third-order valence-corrected chi connectivity index (χ3v) is 2.42. The zero-order valence-corrected chi connectivity index (χ0v) is 8.91. The molecule has 0 aromatic carbocycles. The number of hydrogen-bond donors (Lipinski definition) is 2. The molecular weight excluding hydrogens is 214 g/mol. The second kappa shape index (κ2) is 3.51. The zero-order valence-electron chi connectivity index (χ0n) is 8.16. The van der Waals surface area contributed by atoms with Crippen molar-refractivity contribution in [2.75, 3.05) is 5.73 Å². The van der Waals surface area contributed by atoms with Gasteiger partial charge in [-0.15, -0.1) is 6.58 Å². The number of nitrogens with zero attached hydrogens (tertiary/aromatic N) is 3. The van der Waals surface area contributed by atoms with Gasteiger partial charge in [0.2, 0.25) is 5.28 Å². The van der Waals surface area contributed by atoms with E-state index in [1.165, 1.54) is 0 Å². The summed E-state index contributed by atoms with van der Waals surface area (Å²) >= 11 is 5.67. The number of aromatic amines is 1. The van der Waals surface area contributed by atoms with Crippen LogP contribution in [0, 0.1) is 0 Å². The lowest BCUT2D eigenvalue weighted by Crippen LogP contribution is -1.97. The number of halogens is 1. The van der Waals surface area contributed by atoms with Gasteiger partial charge in [0.05, 0.1) is 11.1 Å². The first-order chi connectivity index (χ1) is 7.13. The lowest BCUT2D eigenvalue weighted by atomic mass is 10.1. The van der Waals surface area contributed by atoms with E-state index >= 15 is 0 Å². The summed E-state index contributed by atoms with van der Waals surface area (Å²) in [5.41, 5.74) is 7.10. The molecule has 0 amide bonds. The molecule has 0 aliphatic carbocycles. The Balaban J connectivity index is 2.74. The predicted octanol–water partition coefficient (Wildman–Crippen LogP) is 1.88. The molecule has 0 fully saturated rings. The molecule has 6 heteroatoms. The Morgan fingerprint density at radius 1 is 1.53 bits per heavy atom. The van der Waals surface area contributed by atoms with Gasteiger partial charge in [-0.3, -0.25) is 5.10 Å². The van der Waals surface area contributed by atoms with E-state index in [4.69, 9.17) is 17.3 Å². The minimum absolute atomic E-state index is 0.101. The number of nitrogen functional groups attached to an aromatic ring is 1. The van der Waals surface area contributed by atoms with Crippen molar-refractivity contribution in [1.82, 2.24) is 20.2 Å². The Hall–Kier alpha value is -1.62. The molecule has 15 heavy (non-hydrogen) atoms. The van der Waals surface area contributed by atoms with Crippen LogP contribution in [0.4, 0.5) is 5.82 Å². The minimum Gasteiger partial charge on any atom is -0.383 e. The average Bonchev–Trinajstić information content (AvgIpc) is 2.60. The fourth-order valence-electron chi connectivity index (χ4n) is 1.39. The van der Waals surface area contributed by atoms with Gasteiger partial charge in [0, 0.05) is 5.92 Å². The molecular formula is C9H10ClN5. The standard InChI is InChI=1S/C9H10ClN5/c1-3-4(2)6-5-7(11)12-9(10)13-8(5)15-14-6/h3-4H,1H2,2H3,(H3,11,12,13,14,15). The first kappa shape index (κ1) is 9.92. The van der Waals surface area contributed by atoms with E-state index in [2.05, 4.69) is 26.7 Å². The molecule has 0 aliphatic rings. The van der Waals surface area contributed by atoms with Crippen molar-refractivity contribution in [3.05, 3.63) is 23.6 Å². The third kappa shape index (κ3) is 1.55. The number of nitrogens with one attached hydrogen (secondary N) is 1. The van der Waals surface area contributed by atoms with Gasteiger partial charge in [0.25, 0.3) is 0 Å². The molecule has 78 valence electrons. The molecule has 0 aliphatic heterocycles. The van der Waals surface area contributed by atoms with Crippen LogP contribution in [0.5, 0.6) is 0 Å². The molecule has 0 saturated heterocycles. The summed E-state index contributed by atoms with van der Waals surface area (Å²) in [6.45, 7) is 5.70. The first-order valence-corrected chi connectivity index (χ1v) is 4.80. The first-order valence-electron chi connectivity index (χ1n) is 4.43. The molecule has 2 aromatic rings. The molecule has 0 bridgehead atoms. The van der Waals surface area contributed by atoms with Crippen LogP contribution < -0.4 is 5.73 Å². The van der Waals surface area contributed by atoms with E-state index in [9.17, 15) is 0 Å². The molecule has 2 heterocycles. The lowest BCUT2D eigenvalue weighted by molar-refractivity contribution is 0.893. The summed E-state index contributed by atoms with van der Waals surface area (Å²) < 4.78 is 0. The molecule has 2 rings (SSSR count). The van der Waals surface area contributed by atoms with Crippen LogP contribution in [0.2, 0.25) is 5.28 Å². The fourth-order valence-corrected chi connectivity index (χ4v) is 1.56. The minimum atomic E-state index is 0.101. The van der Waals surface area contributed by atoms with Crippen LogP contribution >= 0.6 is 11.6 Å². The Bertz CT molecular complexity index is 518. The summed E-state index contributed by atoms with van der Waals surface area (Å²) in [7, 11) is 0. The third-order valence-electron chi connectivity index (χ3n) is 2.25. The number of allylic oxidation sites excluding steroid dienone is 1. The molecule has 3 N–H and O–H groups in total. The van der Waals surface area contributed by atoms with Gasteiger partial charge in [-0.1, -0.05) is 13.0 Å². The Morgan fingerprint density at radius 2 is 2.27 bits per heavy atom. The Morgan fingerprint density at radius 3 is 2.93 bits per heavy atom. The number of fused-ring (bicyclic) bond motifs is 1. The molecule has 2 aromatic heterocycles. The van der Waals surface area contributed by atoms with Crippen molar-refractivity contribution in [2.24, 2.45) is 0 Å². The summed E-state index contributed by atoms with van der Waals surface area (Å²) in [6, 6.07) is 0. The lowest BCUT2D eigenvalue weighted by Gasteiger charge is -2.03. The maximum absolute atomic E-state index is 5.76. The van der Waals surface area contributed by atoms with Gasteiger partial charge in [0.1, 0.15) is 5.82 Å². The maximum Gasteiger partial charge on any atom is 0.226 e. The van der Waals surface area contributed by atoms with Gasteiger partial charge < -0.3 is 5.73 Å². The number of rotatable bonds is 2. The van der Waals surface area contributed by atoms with E-state index in [-0.39, 0.29) is 11.2 Å². The van der Waals surface area contributed by atoms with Crippen molar-refractivity contribution in [2.45, 2.75) is 12.8 Å². The largest absolute Gasteiger partial charge is 0.383 e. The monoisotopic (exact) mass is 223 g/mol. The van der Waals surface area contributed by atoms with Crippen molar-refractivity contribution in [3.63, 3.8) is 0 Å². The highest BCUT2D eigenvalue weighted by molar-refractivity contribution is 6.28. The van der Waals surface area contributed by atoms with Gasteiger partial charge in [-0.25, -0.2) is 4.98 Å². The van der Waals surface area contributed by atoms with E-state index in [0.29, 0.717) is 16.9 Å². The molecule has 0 spiro atoms. The summed E-state index contributed by atoms with van der Waals surface area (Å²) in [4.78, 5) is 7.86. The van der Waals surface area contributed by atoms with E-state index in [0.717, 1.165) is 5.69 Å². The van der Waals surface area contributed by atoms with Crippen LogP contribution in [0.1, 0.15) is 18.5 Å². The number of anilines is 1. The topological polar surface area (TPSA) is 80.5 Å². The highest BCUT2D eigenvalue weighted by Gasteiger charge is 2.15. The maximum atomic E-state index is 5.76. The van der Waals surface area contributed by atoms with E-state index in [1.807, 2.05) is 6.92 Å². The second-order valence-corrected chi connectivity index (χ2v) is 3.58. The molecule has 5 nitrogen and oxygen atoms in total. The van der Waals surface area contributed by atoms with Crippen molar-refractivity contribution in [3.8, 4) is 0 Å². The zero-order chi connectivity index (χ0) is 11.0. The van der Waals surface area contributed by atoms with Crippen LogP contribution in [0.15, 0.2) is 12.7 Å². The van der Waals surface area contributed by atoms with E-state index < -0.39 is 0 Å². The number of hydrogen-bond acceptors (Lipinski definition) is 4. The highest BCUT2D eigenvalue weighted by atomic mass is 35.5. The summed E-state index contributed by atoms with van der Waals surface area (Å²) in [6.07, 6.45) is 1.79. The number of H-pyrrole nitrogens is 1. The van der Waals surface area contributed by atoms with Crippen LogP contribution in [0.3, 0.4) is 0 Å². The fraction of sp³-hybridized carbons (Fsp3) is 0.222. The van der Waals surface area contributed by atoms with Crippen molar-refractivity contribution < 1.29 is 0 Å². The molecule has 0 saturated carbocycles. The molecule has 1 atom stereocenters. The smallest absolute Gasteiger partial charge is 0.226 e. The molecule has 0 radical (unpaired) electrons. The summed E-state index contributed by atoms with van der Waals surface area (Å²) in [5.74, 6) is 0.449. The quantitative estimate of drug-likeness (QED) is 0.602. The van der Waals surface area contributed by atoms with E-state index in [1.54, 1.807) is 6.08 Å². The number of nitrogens with two attached hydrogens (primary N) is 1. The normalized spacial score (nSPS) is 12.9. The second-order valence-electron chi connectivity index (χ2n) is 3.24. The highest BCUT2D eigenvalue weighted by Crippen LogP contribution is 2.27. The van der Waals surface area contributed by atoms with Crippen LogP contribution in [0.25, 0.3) is 11.0 Å². The average molecular weight is 224 g/mol. The van der Waals surface area contributed by atoms with Crippen LogP contribution in [-0.2, 0) is 0 Å². The number of aromatic nitrogens is 4. The summed E-state index contributed by atoms with van der Waals surface area (Å²) in [5, 5.41) is 7.71. The molecule has 1 unspecified atom stereocenters. The van der Waals surface area contributed by atoms with Crippen LogP contribution in [-0.4, -0.2) is 20.2 Å².